The van der Waals surface area contributed by atoms with Gasteiger partial charge in [-0.25, -0.2) is 9.59 Å². The van der Waals surface area contributed by atoms with E-state index in [0.29, 0.717) is 29.9 Å². The van der Waals surface area contributed by atoms with Crippen LogP contribution in [0, 0.1) is 13.8 Å². The Kier molecular flexibility index (Phi) is 5.58. The highest BCUT2D eigenvalue weighted by molar-refractivity contribution is 5.98. The van der Waals surface area contributed by atoms with Crippen LogP contribution in [0.25, 0.3) is 0 Å². The number of nitrogens with zero attached hydrogens (tertiary/aromatic N) is 1. The summed E-state index contributed by atoms with van der Waals surface area (Å²) in [6.45, 7) is 3.23. The predicted octanol–water partition coefficient (Wildman–Crippen LogP) is 2.18. The molecule has 1 fully saturated rings. The topological polar surface area (TPSA) is 106 Å². The number of aryl methyl sites for hydroxylation is 2. The van der Waals surface area contributed by atoms with E-state index in [9.17, 15) is 19.2 Å². The third kappa shape index (κ3) is 4.28. The molecule has 0 aliphatic carbocycles. The van der Waals surface area contributed by atoms with E-state index in [1.807, 2.05) is 0 Å². The Morgan fingerprint density at radius 3 is 2.68 bits per heavy atom. The van der Waals surface area contributed by atoms with Crippen molar-refractivity contribution in [1.29, 1.82) is 0 Å². The average Bonchev–Trinajstić information content (AvgIpc) is 3.05. The quantitative estimate of drug-likeness (QED) is 0.792. The molecule has 1 aliphatic heterocycles. The summed E-state index contributed by atoms with van der Waals surface area (Å²) in [5.41, 5.74) is 1.20. The first-order valence-electron chi connectivity index (χ1n) is 8.84. The summed E-state index contributed by atoms with van der Waals surface area (Å²) in [7, 11) is 0. The van der Waals surface area contributed by atoms with Gasteiger partial charge in [0.15, 0.2) is 6.61 Å². The van der Waals surface area contributed by atoms with Gasteiger partial charge in [0.25, 0.3) is 5.91 Å². The smallest absolute Gasteiger partial charge is 0.342 e. The fourth-order valence-corrected chi connectivity index (χ4v) is 3.14. The summed E-state index contributed by atoms with van der Waals surface area (Å²) < 4.78 is 9.93. The zero-order chi connectivity index (χ0) is 20.3. The zero-order valence-electron chi connectivity index (χ0n) is 15.6. The third-order valence-corrected chi connectivity index (χ3v) is 4.39. The van der Waals surface area contributed by atoms with E-state index in [4.69, 9.17) is 9.15 Å². The number of carbonyl (C=O) groups excluding carboxylic acids is 3. The van der Waals surface area contributed by atoms with Crippen LogP contribution < -0.4 is 15.8 Å². The molecule has 1 N–H and O–H groups in total. The molecule has 2 heterocycles. The second kappa shape index (κ2) is 8.08. The largest absolute Gasteiger partial charge is 0.452 e. The van der Waals surface area contributed by atoms with Crippen molar-refractivity contribution in [3.8, 4) is 0 Å². The van der Waals surface area contributed by atoms with Crippen LogP contribution in [0.1, 0.15) is 34.5 Å². The number of anilines is 2. The molecule has 0 saturated carbocycles. The van der Waals surface area contributed by atoms with E-state index in [1.54, 1.807) is 36.1 Å². The molecule has 1 aliphatic rings. The minimum Gasteiger partial charge on any atom is -0.452 e. The highest BCUT2D eigenvalue weighted by atomic mass is 16.5. The molecule has 8 heteroatoms. The van der Waals surface area contributed by atoms with E-state index in [0.717, 1.165) is 6.42 Å². The molecule has 1 aromatic heterocycles. The molecule has 0 unspecified atom stereocenters. The molecule has 1 aromatic carbocycles. The Bertz CT molecular complexity index is 968. The van der Waals surface area contributed by atoms with Gasteiger partial charge in [0.2, 0.25) is 5.91 Å². The van der Waals surface area contributed by atoms with Gasteiger partial charge >= 0.3 is 11.6 Å². The molecule has 2 amide bonds. The van der Waals surface area contributed by atoms with Crippen LogP contribution in [-0.2, 0) is 14.3 Å². The first-order chi connectivity index (χ1) is 13.3. The van der Waals surface area contributed by atoms with Crippen molar-refractivity contribution in [2.24, 2.45) is 0 Å². The van der Waals surface area contributed by atoms with Crippen molar-refractivity contribution >= 4 is 29.2 Å². The summed E-state index contributed by atoms with van der Waals surface area (Å²) >= 11 is 0. The van der Waals surface area contributed by atoms with E-state index in [-0.39, 0.29) is 17.2 Å². The van der Waals surface area contributed by atoms with Crippen molar-refractivity contribution < 1.29 is 23.5 Å². The lowest BCUT2D eigenvalue weighted by Gasteiger charge is -2.16. The molecule has 0 radical (unpaired) electrons. The summed E-state index contributed by atoms with van der Waals surface area (Å²) in [4.78, 5) is 49.1. The van der Waals surface area contributed by atoms with Gasteiger partial charge in [-0.3, -0.25) is 9.59 Å². The van der Waals surface area contributed by atoms with Crippen molar-refractivity contribution in [3.05, 3.63) is 57.6 Å². The van der Waals surface area contributed by atoms with E-state index in [1.165, 1.54) is 13.0 Å². The molecule has 28 heavy (non-hydrogen) atoms. The van der Waals surface area contributed by atoms with Gasteiger partial charge < -0.3 is 19.4 Å². The number of hydrogen-bond donors (Lipinski definition) is 1. The number of rotatable bonds is 5. The summed E-state index contributed by atoms with van der Waals surface area (Å²) in [5, 5.41) is 2.64. The van der Waals surface area contributed by atoms with Crippen LogP contribution in [-0.4, -0.2) is 30.9 Å². The molecular weight excluding hydrogens is 364 g/mol. The number of esters is 1. The lowest BCUT2D eigenvalue weighted by molar-refractivity contribution is -0.119. The second-order valence-corrected chi connectivity index (χ2v) is 6.50. The molecule has 2 aromatic rings. The molecule has 8 nitrogen and oxygen atoms in total. The van der Waals surface area contributed by atoms with Crippen LogP contribution in [0.2, 0.25) is 0 Å². The summed E-state index contributed by atoms with van der Waals surface area (Å²) in [6, 6.07) is 8.11. The molecular formula is C20H20N2O6. The van der Waals surface area contributed by atoms with Crippen molar-refractivity contribution in [2.45, 2.75) is 26.7 Å². The minimum atomic E-state index is -0.745. The number of carbonyl (C=O) groups is 3. The number of amides is 2. The van der Waals surface area contributed by atoms with Gasteiger partial charge in [-0.15, -0.1) is 0 Å². The van der Waals surface area contributed by atoms with Gasteiger partial charge in [-0.1, -0.05) is 6.07 Å². The first kappa shape index (κ1) is 19.3. The Balaban J connectivity index is 1.61. The van der Waals surface area contributed by atoms with E-state index < -0.39 is 24.1 Å². The maximum absolute atomic E-state index is 12.2. The number of ether oxygens (including phenoxy) is 1. The van der Waals surface area contributed by atoms with Gasteiger partial charge in [-0.2, -0.15) is 0 Å². The van der Waals surface area contributed by atoms with Crippen LogP contribution in [0.3, 0.4) is 0 Å². The molecule has 3 rings (SSSR count). The van der Waals surface area contributed by atoms with Crippen LogP contribution in [0.15, 0.2) is 39.5 Å². The fraction of sp³-hybridized carbons (Fsp3) is 0.300. The predicted molar refractivity (Wildman–Crippen MR) is 101 cm³/mol. The minimum absolute atomic E-state index is 0.0534. The van der Waals surface area contributed by atoms with Crippen LogP contribution >= 0.6 is 0 Å². The third-order valence-electron chi connectivity index (χ3n) is 4.39. The lowest BCUT2D eigenvalue weighted by Crippen LogP contribution is -2.24. The van der Waals surface area contributed by atoms with Crippen LogP contribution in [0.4, 0.5) is 11.4 Å². The van der Waals surface area contributed by atoms with Crippen molar-refractivity contribution in [3.63, 3.8) is 0 Å². The lowest BCUT2D eigenvalue weighted by atomic mass is 10.1. The number of benzene rings is 1. The monoisotopic (exact) mass is 384 g/mol. The SMILES string of the molecule is Cc1cc(=O)oc(C)c1C(=O)OCC(=O)Nc1cccc(N2CCCC2=O)c1. The first-order valence-corrected chi connectivity index (χ1v) is 8.84. The van der Waals surface area contributed by atoms with Crippen molar-refractivity contribution in [2.75, 3.05) is 23.4 Å². The number of hydrogen-bond acceptors (Lipinski definition) is 6. The molecule has 0 spiro atoms. The Labute approximate surface area is 161 Å². The maximum atomic E-state index is 12.2. The van der Waals surface area contributed by atoms with Gasteiger partial charge in [0, 0.05) is 30.4 Å². The molecule has 146 valence electrons. The highest BCUT2D eigenvalue weighted by Gasteiger charge is 2.22. The van der Waals surface area contributed by atoms with E-state index >= 15 is 0 Å². The Hall–Kier alpha value is -3.42. The fourth-order valence-electron chi connectivity index (χ4n) is 3.14. The zero-order valence-corrected chi connectivity index (χ0v) is 15.6. The van der Waals surface area contributed by atoms with Gasteiger partial charge in [0.1, 0.15) is 11.3 Å². The molecule has 0 atom stereocenters. The highest BCUT2D eigenvalue weighted by Crippen LogP contribution is 2.24. The van der Waals surface area contributed by atoms with Gasteiger partial charge in [-0.05, 0) is 44.0 Å². The van der Waals surface area contributed by atoms with Crippen LogP contribution in [0.5, 0.6) is 0 Å². The van der Waals surface area contributed by atoms with Gasteiger partial charge in [0.05, 0.1) is 0 Å². The Morgan fingerprint density at radius 1 is 1.21 bits per heavy atom. The average molecular weight is 384 g/mol. The molecule has 0 bridgehead atoms. The normalized spacial score (nSPS) is 13.5. The summed E-state index contributed by atoms with van der Waals surface area (Å²) in [5.74, 6) is -1.08. The summed E-state index contributed by atoms with van der Waals surface area (Å²) in [6.07, 6.45) is 1.33. The Morgan fingerprint density at radius 2 is 2.00 bits per heavy atom. The van der Waals surface area contributed by atoms with Crippen molar-refractivity contribution in [1.82, 2.24) is 0 Å². The maximum Gasteiger partial charge on any atom is 0.342 e. The number of nitrogens with one attached hydrogen (secondary N) is 1. The van der Waals surface area contributed by atoms with E-state index in [2.05, 4.69) is 5.32 Å². The second-order valence-electron chi connectivity index (χ2n) is 6.50. The standard InChI is InChI=1S/C20H20N2O6/c1-12-9-18(25)28-13(2)19(12)20(26)27-11-16(23)21-14-5-3-6-15(10-14)22-8-4-7-17(22)24/h3,5-6,9-10H,4,7-8,11H2,1-2H3,(H,21,23). The molecule has 1 saturated heterocycles.